The lowest BCUT2D eigenvalue weighted by Crippen LogP contribution is -2.24. The number of alkyl halides is 3. The van der Waals surface area contributed by atoms with E-state index >= 15 is 0 Å². The summed E-state index contributed by atoms with van der Waals surface area (Å²) in [5, 5.41) is 15.5. The number of carbonyl (C=O) groups is 1. The van der Waals surface area contributed by atoms with Crippen molar-refractivity contribution >= 4 is 28.6 Å². The van der Waals surface area contributed by atoms with Gasteiger partial charge in [-0.1, -0.05) is 30.2 Å². The van der Waals surface area contributed by atoms with Crippen molar-refractivity contribution in [1.29, 1.82) is 0 Å². The Morgan fingerprint density at radius 2 is 1.85 bits per heavy atom. The van der Waals surface area contributed by atoms with Crippen LogP contribution in [-0.2, 0) is 39.0 Å². The Morgan fingerprint density at radius 1 is 1.07 bits per heavy atom. The Balaban J connectivity index is 1.46. The lowest BCUT2D eigenvalue weighted by atomic mass is 10.1. The number of nitrogens with zero attached hydrogens (tertiary/aromatic N) is 6. The van der Waals surface area contributed by atoms with Gasteiger partial charge in [-0.2, -0.15) is 13.2 Å². The molecule has 210 valence electrons. The first-order valence-corrected chi connectivity index (χ1v) is 13.3. The minimum Gasteiger partial charge on any atom is -0.313 e. The molecule has 1 aliphatic rings. The number of hydrogen-bond acceptors (Lipinski definition) is 5. The number of tetrazole rings is 1. The van der Waals surface area contributed by atoms with Gasteiger partial charge >= 0.3 is 6.18 Å². The molecule has 3 aromatic carbocycles. The van der Waals surface area contributed by atoms with Gasteiger partial charge in [0.1, 0.15) is 0 Å². The number of anilines is 1. The highest BCUT2D eigenvalue weighted by atomic mass is 19.4. The first kappa shape index (κ1) is 26.5. The molecule has 1 amide bonds. The molecule has 0 spiro atoms. The number of aromatic amines is 1. The summed E-state index contributed by atoms with van der Waals surface area (Å²) in [6, 6.07) is 15.4. The second-order valence-electron chi connectivity index (χ2n) is 10.1. The van der Waals surface area contributed by atoms with Gasteiger partial charge in [0, 0.05) is 12.6 Å². The summed E-state index contributed by atoms with van der Waals surface area (Å²) in [4.78, 5) is 17.5. The van der Waals surface area contributed by atoms with E-state index in [1.165, 1.54) is 23.3 Å². The van der Waals surface area contributed by atoms with Crippen molar-refractivity contribution in [2.45, 2.75) is 45.3 Å². The predicted octanol–water partition coefficient (Wildman–Crippen LogP) is 5.10. The molecule has 6 rings (SSSR count). The van der Waals surface area contributed by atoms with Gasteiger partial charge in [0.05, 0.1) is 28.8 Å². The normalized spacial score (nSPS) is 13.6. The molecule has 0 atom stereocenters. The standard InChI is InChI=1S/C29H27F3N8O/c1-3-18-13-22(29(30,31)32)15-24-25(18)39(2)28(33-23-12-11-19-5-4-6-21(19)14-23)40(24)16-17-7-9-20(10-8-17)26(41)34-27-35-37-38-36-27/h7-15H,3-6,16H2,1-2H3,(H2,34,35,36,37,38,41). The zero-order valence-corrected chi connectivity index (χ0v) is 22.5. The average molecular weight is 561 g/mol. The molecule has 9 nitrogen and oxygen atoms in total. The van der Waals surface area contributed by atoms with Crippen LogP contribution in [0.2, 0.25) is 0 Å². The first-order valence-electron chi connectivity index (χ1n) is 13.3. The average Bonchev–Trinajstić information content (AvgIpc) is 3.70. The molecule has 1 aliphatic carbocycles. The van der Waals surface area contributed by atoms with Gasteiger partial charge in [-0.05, 0) is 94.8 Å². The number of carbonyl (C=O) groups excluding carboxylic acids is 1. The fourth-order valence-corrected chi connectivity index (χ4v) is 5.46. The molecule has 41 heavy (non-hydrogen) atoms. The SMILES string of the molecule is CCc1cc(C(F)(F)F)cc2c1n(C)c(=Nc1ccc3c(c1)CCC3)n2Cc1ccc(C(=O)Nc2nnn[nH]2)cc1. The van der Waals surface area contributed by atoms with E-state index in [0.29, 0.717) is 34.2 Å². The molecule has 2 N–H and O–H groups in total. The number of aryl methyl sites for hydroxylation is 4. The van der Waals surface area contributed by atoms with Crippen LogP contribution < -0.4 is 10.9 Å². The number of hydrogen-bond donors (Lipinski definition) is 2. The van der Waals surface area contributed by atoms with Crippen molar-refractivity contribution in [3.8, 4) is 0 Å². The fraction of sp³-hybridized carbons (Fsp3) is 0.276. The first-order chi connectivity index (χ1) is 19.7. The molecule has 0 fully saturated rings. The lowest BCUT2D eigenvalue weighted by Gasteiger charge is -2.12. The molecule has 0 bridgehead atoms. The smallest absolute Gasteiger partial charge is 0.313 e. The summed E-state index contributed by atoms with van der Waals surface area (Å²) in [6.45, 7) is 2.10. The van der Waals surface area contributed by atoms with Gasteiger partial charge in [-0.25, -0.2) is 10.1 Å². The third kappa shape index (κ3) is 5.12. The maximum absolute atomic E-state index is 13.9. The molecule has 0 saturated carbocycles. The third-order valence-corrected chi connectivity index (χ3v) is 7.49. The van der Waals surface area contributed by atoms with E-state index in [1.807, 2.05) is 29.2 Å². The quantitative estimate of drug-likeness (QED) is 0.302. The van der Waals surface area contributed by atoms with E-state index in [4.69, 9.17) is 4.99 Å². The number of H-pyrrole nitrogens is 1. The number of halogens is 3. The maximum atomic E-state index is 13.9. The molecule has 5 aromatic rings. The summed E-state index contributed by atoms with van der Waals surface area (Å²) in [5.74, 6) is -0.280. The second-order valence-corrected chi connectivity index (χ2v) is 10.1. The molecule has 2 heterocycles. The van der Waals surface area contributed by atoms with Crippen LogP contribution >= 0.6 is 0 Å². The highest BCUT2D eigenvalue weighted by molar-refractivity contribution is 6.03. The molecule has 12 heteroatoms. The Morgan fingerprint density at radius 3 is 2.56 bits per heavy atom. The Labute approximate surface area is 232 Å². The summed E-state index contributed by atoms with van der Waals surface area (Å²) in [5.41, 5.74) is 6.09. The summed E-state index contributed by atoms with van der Waals surface area (Å²) in [6.07, 6.45) is -0.906. The van der Waals surface area contributed by atoms with Crippen molar-refractivity contribution in [1.82, 2.24) is 29.8 Å². The Kier molecular flexibility index (Phi) is 6.68. The monoisotopic (exact) mass is 560 g/mol. The topological polar surface area (TPSA) is 106 Å². The van der Waals surface area contributed by atoms with E-state index in [-0.39, 0.29) is 12.5 Å². The highest BCUT2D eigenvalue weighted by Crippen LogP contribution is 2.34. The highest BCUT2D eigenvalue weighted by Gasteiger charge is 2.32. The molecular formula is C29H27F3N8O. The predicted molar refractivity (Wildman–Crippen MR) is 147 cm³/mol. The van der Waals surface area contributed by atoms with Crippen LogP contribution in [0.4, 0.5) is 24.8 Å². The van der Waals surface area contributed by atoms with Gasteiger partial charge in [0.2, 0.25) is 11.6 Å². The van der Waals surface area contributed by atoms with Crippen molar-refractivity contribution in [3.63, 3.8) is 0 Å². The fourth-order valence-electron chi connectivity index (χ4n) is 5.46. The van der Waals surface area contributed by atoms with Gasteiger partial charge in [0.15, 0.2) is 0 Å². The van der Waals surface area contributed by atoms with Crippen molar-refractivity contribution in [3.05, 3.63) is 93.6 Å². The maximum Gasteiger partial charge on any atom is 0.416 e. The number of fused-ring (bicyclic) bond motifs is 2. The molecule has 2 aromatic heterocycles. The summed E-state index contributed by atoms with van der Waals surface area (Å²) >= 11 is 0. The summed E-state index contributed by atoms with van der Waals surface area (Å²) < 4.78 is 45.5. The number of nitrogens with one attached hydrogen (secondary N) is 2. The van der Waals surface area contributed by atoms with Gasteiger partial charge in [-0.3, -0.25) is 10.1 Å². The third-order valence-electron chi connectivity index (χ3n) is 7.49. The number of aromatic nitrogens is 6. The van der Waals surface area contributed by atoms with Crippen LogP contribution in [0.1, 0.15) is 51.5 Å². The number of amides is 1. The van der Waals surface area contributed by atoms with Crippen LogP contribution in [0.25, 0.3) is 11.0 Å². The Bertz CT molecular complexity index is 1820. The largest absolute Gasteiger partial charge is 0.416 e. The van der Waals surface area contributed by atoms with Gasteiger partial charge < -0.3 is 9.13 Å². The van der Waals surface area contributed by atoms with Crippen molar-refractivity contribution < 1.29 is 18.0 Å². The minimum atomic E-state index is -4.49. The molecular weight excluding hydrogens is 533 g/mol. The van der Waals surface area contributed by atoms with Gasteiger partial charge in [-0.15, -0.1) is 0 Å². The zero-order valence-electron chi connectivity index (χ0n) is 22.5. The van der Waals surface area contributed by atoms with E-state index in [1.54, 1.807) is 24.3 Å². The molecule has 0 unspecified atom stereocenters. The Hall–Kier alpha value is -4.74. The van der Waals surface area contributed by atoms with Crippen LogP contribution in [0.15, 0.2) is 59.6 Å². The molecule has 0 aliphatic heterocycles. The van der Waals surface area contributed by atoms with E-state index in [0.717, 1.165) is 30.5 Å². The lowest BCUT2D eigenvalue weighted by molar-refractivity contribution is -0.137. The number of rotatable bonds is 6. The van der Waals surface area contributed by atoms with Crippen LogP contribution in [0, 0.1) is 0 Å². The van der Waals surface area contributed by atoms with E-state index in [2.05, 4.69) is 38.1 Å². The van der Waals surface area contributed by atoms with Crippen LogP contribution in [0.5, 0.6) is 0 Å². The van der Waals surface area contributed by atoms with Crippen molar-refractivity contribution in [2.75, 3.05) is 5.32 Å². The van der Waals surface area contributed by atoms with Crippen LogP contribution in [0.3, 0.4) is 0 Å². The van der Waals surface area contributed by atoms with Crippen molar-refractivity contribution in [2.24, 2.45) is 12.0 Å². The zero-order chi connectivity index (χ0) is 28.7. The molecule has 0 radical (unpaired) electrons. The van der Waals surface area contributed by atoms with E-state index < -0.39 is 17.6 Å². The molecule has 0 saturated heterocycles. The summed E-state index contributed by atoms with van der Waals surface area (Å²) in [7, 11) is 1.84. The second kappa shape index (κ2) is 10.3. The van der Waals surface area contributed by atoms with Gasteiger partial charge in [0.25, 0.3) is 5.91 Å². The van der Waals surface area contributed by atoms with E-state index in [9.17, 15) is 18.0 Å². The number of benzene rings is 3. The van der Waals surface area contributed by atoms with Crippen LogP contribution in [-0.4, -0.2) is 35.7 Å². The number of imidazole rings is 1. The minimum absolute atomic E-state index is 0.121.